The first-order valence-electron chi connectivity index (χ1n) is 6.65. The Bertz CT molecular complexity index is 321. The Morgan fingerprint density at radius 2 is 1.83 bits per heavy atom. The number of benzene rings is 1. The van der Waals surface area contributed by atoms with Gasteiger partial charge >= 0.3 is 0 Å². The van der Waals surface area contributed by atoms with Crippen LogP contribution in [0.1, 0.15) is 23.6 Å². The summed E-state index contributed by atoms with van der Waals surface area (Å²) in [5, 5.41) is 3.38. The summed E-state index contributed by atoms with van der Waals surface area (Å²) < 4.78 is 5.27. The highest BCUT2D eigenvalue weighted by Crippen LogP contribution is 2.15. The van der Waals surface area contributed by atoms with Gasteiger partial charge in [-0.3, -0.25) is 0 Å². The molecule has 1 aromatic rings. The van der Waals surface area contributed by atoms with Crippen molar-refractivity contribution in [1.82, 2.24) is 5.32 Å². The van der Waals surface area contributed by atoms with E-state index in [1.807, 2.05) is 18.7 Å². The molecule has 0 aromatic heterocycles. The zero-order valence-corrected chi connectivity index (χ0v) is 12.6. The van der Waals surface area contributed by atoms with Crippen LogP contribution in [0.25, 0.3) is 0 Å². The monoisotopic (exact) mass is 267 g/mol. The summed E-state index contributed by atoms with van der Waals surface area (Å²) in [6, 6.07) is 6.79. The number of rotatable bonds is 9. The summed E-state index contributed by atoms with van der Waals surface area (Å²) in [6.07, 6.45) is 0. The van der Waals surface area contributed by atoms with Crippen LogP contribution >= 0.6 is 11.8 Å². The number of hydrogen-bond acceptors (Lipinski definition) is 3. The smallest absolute Gasteiger partial charge is 0.0590 e. The zero-order valence-electron chi connectivity index (χ0n) is 11.8. The maximum Gasteiger partial charge on any atom is 0.0590 e. The van der Waals surface area contributed by atoms with Gasteiger partial charge < -0.3 is 10.1 Å². The van der Waals surface area contributed by atoms with Crippen LogP contribution < -0.4 is 5.32 Å². The molecular weight excluding hydrogens is 242 g/mol. The fourth-order valence-electron chi connectivity index (χ4n) is 1.90. The molecule has 0 aliphatic carbocycles. The van der Waals surface area contributed by atoms with Gasteiger partial charge in [-0.25, -0.2) is 0 Å². The topological polar surface area (TPSA) is 21.3 Å². The van der Waals surface area contributed by atoms with Crippen molar-refractivity contribution in [3.8, 4) is 0 Å². The first kappa shape index (κ1) is 15.5. The van der Waals surface area contributed by atoms with Gasteiger partial charge in [0.15, 0.2) is 0 Å². The number of hydrogen-bond donors (Lipinski definition) is 1. The van der Waals surface area contributed by atoms with Crippen LogP contribution in [0.4, 0.5) is 0 Å². The third-order valence-corrected chi connectivity index (χ3v) is 3.63. The van der Waals surface area contributed by atoms with Gasteiger partial charge in [0.1, 0.15) is 0 Å². The van der Waals surface area contributed by atoms with Crippen molar-refractivity contribution in [2.75, 3.05) is 32.1 Å². The lowest BCUT2D eigenvalue weighted by Gasteiger charge is -2.06. The molecular formula is C15H25NOS. The van der Waals surface area contributed by atoms with E-state index < -0.39 is 0 Å². The lowest BCUT2D eigenvalue weighted by atomic mass is 10.1. The fraction of sp³-hybridized carbons (Fsp3) is 0.600. The predicted molar refractivity (Wildman–Crippen MR) is 81.4 cm³/mol. The summed E-state index contributed by atoms with van der Waals surface area (Å²) in [5.74, 6) is 2.26. The van der Waals surface area contributed by atoms with Crippen molar-refractivity contribution in [3.05, 3.63) is 34.9 Å². The SMILES string of the molecule is CCOCCNCCSCc1cc(C)cc(C)c1. The number of thioether (sulfide) groups is 1. The lowest BCUT2D eigenvalue weighted by Crippen LogP contribution is -2.22. The second-order valence-corrected chi connectivity index (χ2v) is 5.60. The van der Waals surface area contributed by atoms with Crippen molar-refractivity contribution in [1.29, 1.82) is 0 Å². The largest absolute Gasteiger partial charge is 0.380 e. The van der Waals surface area contributed by atoms with E-state index in [1.165, 1.54) is 16.7 Å². The van der Waals surface area contributed by atoms with Crippen molar-refractivity contribution >= 4 is 11.8 Å². The Morgan fingerprint density at radius 1 is 1.11 bits per heavy atom. The molecule has 0 saturated carbocycles. The second kappa shape index (κ2) is 9.42. The highest BCUT2D eigenvalue weighted by molar-refractivity contribution is 7.98. The van der Waals surface area contributed by atoms with Gasteiger partial charge in [-0.2, -0.15) is 11.8 Å². The average Bonchev–Trinajstić information content (AvgIpc) is 2.31. The molecule has 0 atom stereocenters. The van der Waals surface area contributed by atoms with Crippen molar-refractivity contribution in [3.63, 3.8) is 0 Å². The van der Waals surface area contributed by atoms with Gasteiger partial charge in [0.2, 0.25) is 0 Å². The summed E-state index contributed by atoms with van der Waals surface area (Å²) in [4.78, 5) is 0. The number of aryl methyl sites for hydroxylation is 2. The standard InChI is InChI=1S/C15H25NOS/c1-4-17-7-5-16-6-8-18-12-15-10-13(2)9-14(3)11-15/h9-11,16H,4-8,12H2,1-3H3. The van der Waals surface area contributed by atoms with Gasteiger partial charge in [-0.05, 0) is 26.3 Å². The van der Waals surface area contributed by atoms with E-state index >= 15 is 0 Å². The van der Waals surface area contributed by atoms with Crippen LogP contribution in [0, 0.1) is 13.8 Å². The molecule has 0 amide bonds. The molecule has 0 saturated heterocycles. The summed E-state index contributed by atoms with van der Waals surface area (Å²) >= 11 is 1.98. The Labute approximate surface area is 116 Å². The molecule has 0 heterocycles. The number of nitrogens with one attached hydrogen (secondary N) is 1. The van der Waals surface area contributed by atoms with Crippen LogP contribution in [0.15, 0.2) is 18.2 Å². The van der Waals surface area contributed by atoms with E-state index in [9.17, 15) is 0 Å². The van der Waals surface area contributed by atoms with Crippen LogP contribution in [0.2, 0.25) is 0 Å². The molecule has 1 rings (SSSR count). The molecule has 0 bridgehead atoms. The van der Waals surface area contributed by atoms with E-state index in [1.54, 1.807) is 0 Å². The van der Waals surface area contributed by atoms with Gasteiger partial charge in [-0.1, -0.05) is 29.3 Å². The van der Waals surface area contributed by atoms with E-state index in [0.717, 1.165) is 37.8 Å². The Hall–Kier alpha value is -0.510. The van der Waals surface area contributed by atoms with Gasteiger partial charge in [-0.15, -0.1) is 0 Å². The lowest BCUT2D eigenvalue weighted by molar-refractivity contribution is 0.150. The highest BCUT2D eigenvalue weighted by Gasteiger charge is 1.96. The molecule has 0 spiro atoms. The van der Waals surface area contributed by atoms with Crippen molar-refractivity contribution in [2.45, 2.75) is 26.5 Å². The molecule has 0 aliphatic heterocycles. The second-order valence-electron chi connectivity index (χ2n) is 4.50. The molecule has 0 fully saturated rings. The predicted octanol–water partition coefficient (Wildman–Crippen LogP) is 3.16. The summed E-state index contributed by atoms with van der Waals surface area (Å²) in [5.41, 5.74) is 4.16. The molecule has 2 nitrogen and oxygen atoms in total. The Balaban J connectivity index is 2.07. The number of ether oxygens (including phenoxy) is 1. The van der Waals surface area contributed by atoms with Crippen LogP contribution in [0.5, 0.6) is 0 Å². The van der Waals surface area contributed by atoms with Crippen LogP contribution in [-0.4, -0.2) is 32.1 Å². The van der Waals surface area contributed by atoms with Crippen molar-refractivity contribution in [2.24, 2.45) is 0 Å². The quantitative estimate of drug-likeness (QED) is 0.694. The Morgan fingerprint density at radius 3 is 2.50 bits per heavy atom. The van der Waals surface area contributed by atoms with Gasteiger partial charge in [0.25, 0.3) is 0 Å². The maximum absolute atomic E-state index is 5.27. The summed E-state index contributed by atoms with van der Waals surface area (Å²) in [6.45, 7) is 9.99. The molecule has 0 radical (unpaired) electrons. The third-order valence-electron chi connectivity index (χ3n) is 2.60. The first-order valence-corrected chi connectivity index (χ1v) is 7.81. The minimum Gasteiger partial charge on any atom is -0.380 e. The molecule has 3 heteroatoms. The van der Waals surface area contributed by atoms with E-state index in [2.05, 4.69) is 37.4 Å². The first-order chi connectivity index (χ1) is 8.72. The molecule has 0 unspecified atom stereocenters. The highest BCUT2D eigenvalue weighted by atomic mass is 32.2. The van der Waals surface area contributed by atoms with Gasteiger partial charge in [0, 0.05) is 31.2 Å². The van der Waals surface area contributed by atoms with Gasteiger partial charge in [0.05, 0.1) is 6.61 Å². The average molecular weight is 267 g/mol. The van der Waals surface area contributed by atoms with Crippen LogP contribution in [0.3, 0.4) is 0 Å². The van der Waals surface area contributed by atoms with Crippen LogP contribution in [-0.2, 0) is 10.5 Å². The summed E-state index contributed by atoms with van der Waals surface area (Å²) in [7, 11) is 0. The third kappa shape index (κ3) is 7.04. The minimum atomic E-state index is 0.809. The normalized spacial score (nSPS) is 10.8. The molecule has 102 valence electrons. The maximum atomic E-state index is 5.27. The fourth-order valence-corrected chi connectivity index (χ4v) is 2.74. The van der Waals surface area contributed by atoms with E-state index in [0.29, 0.717) is 0 Å². The minimum absolute atomic E-state index is 0.809. The molecule has 1 N–H and O–H groups in total. The van der Waals surface area contributed by atoms with E-state index in [-0.39, 0.29) is 0 Å². The molecule has 0 aliphatic rings. The molecule has 18 heavy (non-hydrogen) atoms. The zero-order chi connectivity index (χ0) is 13.2. The van der Waals surface area contributed by atoms with Crippen molar-refractivity contribution < 1.29 is 4.74 Å². The molecule has 1 aromatic carbocycles. The Kier molecular flexibility index (Phi) is 8.14. The van der Waals surface area contributed by atoms with E-state index in [4.69, 9.17) is 4.74 Å².